The molecule has 0 unspecified atom stereocenters. The lowest BCUT2D eigenvalue weighted by Gasteiger charge is -2.26. The average molecular weight is 307 g/mol. The minimum absolute atomic E-state index is 0.109. The first kappa shape index (κ1) is 18.0. The highest BCUT2D eigenvalue weighted by Crippen LogP contribution is 2.14. The second-order valence-corrected chi connectivity index (χ2v) is 6.59. The van der Waals surface area contributed by atoms with Gasteiger partial charge in [0.2, 0.25) is 0 Å². The minimum atomic E-state index is -0.920. The first-order valence-electron chi connectivity index (χ1n) is 7.31. The van der Waals surface area contributed by atoms with E-state index in [2.05, 4.69) is 0 Å². The lowest BCUT2D eigenvalue weighted by atomic mass is 9.98. The smallest absolute Gasteiger partial charge is 0.410 e. The molecule has 1 rings (SSSR count). The molecule has 0 fully saturated rings. The van der Waals surface area contributed by atoms with Crippen LogP contribution in [0.3, 0.4) is 0 Å². The first-order chi connectivity index (χ1) is 10.1. The van der Waals surface area contributed by atoms with Gasteiger partial charge in [-0.1, -0.05) is 29.8 Å². The Labute approximate surface area is 131 Å². The van der Waals surface area contributed by atoms with Gasteiger partial charge in [-0.3, -0.25) is 4.79 Å². The number of carboxylic acids is 1. The van der Waals surface area contributed by atoms with Crippen LogP contribution in [0.1, 0.15) is 31.9 Å². The second-order valence-electron chi connectivity index (χ2n) is 6.59. The van der Waals surface area contributed by atoms with Crippen molar-refractivity contribution in [3.63, 3.8) is 0 Å². The van der Waals surface area contributed by atoms with E-state index in [4.69, 9.17) is 4.74 Å². The predicted octanol–water partition coefficient (Wildman–Crippen LogP) is 3.11. The second kappa shape index (κ2) is 7.29. The monoisotopic (exact) mass is 307 g/mol. The fourth-order valence-corrected chi connectivity index (χ4v) is 2.10. The van der Waals surface area contributed by atoms with Crippen molar-refractivity contribution in [3.8, 4) is 0 Å². The van der Waals surface area contributed by atoms with Gasteiger partial charge < -0.3 is 14.7 Å². The molecule has 0 saturated carbocycles. The molecular weight excluding hydrogens is 282 g/mol. The number of carbonyl (C=O) groups is 2. The van der Waals surface area contributed by atoms with Crippen molar-refractivity contribution >= 4 is 12.1 Å². The third-order valence-corrected chi connectivity index (χ3v) is 3.11. The summed E-state index contributed by atoms with van der Waals surface area (Å²) < 4.78 is 5.24. The van der Waals surface area contributed by atoms with E-state index in [0.717, 1.165) is 11.1 Å². The van der Waals surface area contributed by atoms with E-state index in [-0.39, 0.29) is 6.54 Å². The number of hydrogen-bond acceptors (Lipinski definition) is 3. The summed E-state index contributed by atoms with van der Waals surface area (Å²) in [4.78, 5) is 24.7. The van der Waals surface area contributed by atoms with Gasteiger partial charge in [0.25, 0.3) is 0 Å². The Bertz CT molecular complexity index is 534. The summed E-state index contributed by atoms with van der Waals surface area (Å²) in [5.74, 6) is -1.59. The Morgan fingerprint density at radius 1 is 1.32 bits per heavy atom. The van der Waals surface area contributed by atoms with Gasteiger partial charge in [0, 0.05) is 13.6 Å². The van der Waals surface area contributed by atoms with Crippen LogP contribution in [0.2, 0.25) is 0 Å². The molecule has 0 bridgehead atoms. The van der Waals surface area contributed by atoms with Gasteiger partial charge in [-0.2, -0.15) is 0 Å². The maximum absolute atomic E-state index is 11.9. The Morgan fingerprint density at radius 2 is 1.95 bits per heavy atom. The van der Waals surface area contributed by atoms with Gasteiger partial charge in [-0.25, -0.2) is 4.79 Å². The van der Waals surface area contributed by atoms with E-state index in [0.29, 0.717) is 6.42 Å². The normalized spacial score (nSPS) is 12.6. The maximum atomic E-state index is 11.9. The van der Waals surface area contributed by atoms with E-state index < -0.39 is 23.6 Å². The molecule has 0 aromatic heterocycles. The lowest BCUT2D eigenvalue weighted by Crippen LogP contribution is -2.39. The molecule has 1 N–H and O–H groups in total. The molecule has 0 spiro atoms. The van der Waals surface area contributed by atoms with Crippen molar-refractivity contribution in [1.29, 1.82) is 0 Å². The van der Waals surface area contributed by atoms with Crippen LogP contribution in [0.4, 0.5) is 4.79 Å². The molecule has 1 amide bonds. The van der Waals surface area contributed by atoms with E-state index in [9.17, 15) is 14.7 Å². The summed E-state index contributed by atoms with van der Waals surface area (Å²) in [6.45, 7) is 7.41. The molecule has 22 heavy (non-hydrogen) atoms. The predicted molar refractivity (Wildman–Crippen MR) is 84.9 cm³/mol. The molecule has 0 aliphatic heterocycles. The number of hydrogen-bond donors (Lipinski definition) is 1. The van der Waals surface area contributed by atoms with Crippen LogP contribution in [0, 0.1) is 12.8 Å². The molecule has 0 radical (unpaired) electrons. The van der Waals surface area contributed by atoms with Gasteiger partial charge >= 0.3 is 12.1 Å². The fourth-order valence-electron chi connectivity index (χ4n) is 2.10. The van der Waals surface area contributed by atoms with E-state index in [1.54, 1.807) is 27.8 Å². The third-order valence-electron chi connectivity index (χ3n) is 3.11. The summed E-state index contributed by atoms with van der Waals surface area (Å²) in [5.41, 5.74) is 1.44. The first-order valence-corrected chi connectivity index (χ1v) is 7.31. The fraction of sp³-hybridized carbons (Fsp3) is 0.529. The standard InChI is InChI=1S/C17H25NO4/c1-12-7-6-8-13(9-12)10-14(15(19)20)11-18(5)16(21)22-17(2,3)4/h6-9,14H,10-11H2,1-5H3,(H,19,20)/t14-/m1/s1. The Kier molecular flexibility index (Phi) is 5.97. The van der Waals surface area contributed by atoms with E-state index in [1.807, 2.05) is 31.2 Å². The molecule has 5 nitrogen and oxygen atoms in total. The van der Waals surface area contributed by atoms with Gasteiger partial charge in [0.1, 0.15) is 5.60 Å². The molecular formula is C17H25NO4. The van der Waals surface area contributed by atoms with Gasteiger partial charge in [-0.15, -0.1) is 0 Å². The summed E-state index contributed by atoms with van der Waals surface area (Å²) in [6, 6.07) is 7.73. The number of carbonyl (C=O) groups excluding carboxylic acids is 1. The van der Waals surface area contributed by atoms with Crippen molar-refractivity contribution in [3.05, 3.63) is 35.4 Å². The zero-order valence-electron chi connectivity index (χ0n) is 13.9. The largest absolute Gasteiger partial charge is 0.481 e. The van der Waals surface area contributed by atoms with Crippen molar-refractivity contribution in [2.24, 2.45) is 5.92 Å². The lowest BCUT2D eigenvalue weighted by molar-refractivity contribution is -0.142. The molecule has 0 aliphatic carbocycles. The van der Waals surface area contributed by atoms with Crippen LogP contribution < -0.4 is 0 Å². The summed E-state index contributed by atoms with van der Waals surface area (Å²) in [5, 5.41) is 9.39. The van der Waals surface area contributed by atoms with Crippen LogP contribution >= 0.6 is 0 Å². The van der Waals surface area contributed by atoms with Crippen LogP contribution in [-0.4, -0.2) is 41.3 Å². The topological polar surface area (TPSA) is 66.8 Å². The number of rotatable bonds is 5. The molecule has 1 aromatic rings. The Morgan fingerprint density at radius 3 is 2.45 bits per heavy atom. The number of aliphatic carboxylic acids is 1. The number of benzene rings is 1. The van der Waals surface area contributed by atoms with Crippen LogP contribution in [0.5, 0.6) is 0 Å². The highest BCUT2D eigenvalue weighted by Gasteiger charge is 2.25. The highest BCUT2D eigenvalue weighted by atomic mass is 16.6. The van der Waals surface area contributed by atoms with Crippen LogP contribution in [0.15, 0.2) is 24.3 Å². The summed E-state index contributed by atoms with van der Waals surface area (Å²) >= 11 is 0. The van der Waals surface area contributed by atoms with E-state index in [1.165, 1.54) is 4.90 Å². The molecule has 1 atom stereocenters. The molecule has 0 heterocycles. The third kappa shape index (κ3) is 6.16. The van der Waals surface area contributed by atoms with Crippen molar-refractivity contribution < 1.29 is 19.4 Å². The van der Waals surface area contributed by atoms with Gasteiger partial charge in [0.05, 0.1) is 5.92 Å². The van der Waals surface area contributed by atoms with Gasteiger partial charge in [0.15, 0.2) is 0 Å². The maximum Gasteiger partial charge on any atom is 0.410 e. The van der Waals surface area contributed by atoms with Crippen molar-refractivity contribution in [2.75, 3.05) is 13.6 Å². The number of amides is 1. The van der Waals surface area contributed by atoms with Gasteiger partial charge in [-0.05, 0) is 39.7 Å². The Hall–Kier alpha value is -2.04. The highest BCUT2D eigenvalue weighted by molar-refractivity contribution is 5.73. The molecule has 1 aromatic carbocycles. The average Bonchev–Trinajstić information content (AvgIpc) is 2.35. The molecule has 0 saturated heterocycles. The quantitative estimate of drug-likeness (QED) is 0.907. The van der Waals surface area contributed by atoms with Crippen LogP contribution in [-0.2, 0) is 16.0 Å². The number of ether oxygens (including phenoxy) is 1. The molecule has 5 heteroatoms. The number of nitrogens with zero attached hydrogens (tertiary/aromatic N) is 1. The Balaban J connectivity index is 2.72. The summed E-state index contributed by atoms with van der Waals surface area (Å²) in [6.07, 6.45) is -0.132. The zero-order valence-corrected chi connectivity index (χ0v) is 13.9. The molecule has 0 aliphatic rings. The van der Waals surface area contributed by atoms with E-state index >= 15 is 0 Å². The number of carboxylic acid groups (broad SMARTS) is 1. The minimum Gasteiger partial charge on any atom is -0.481 e. The SMILES string of the molecule is Cc1cccc(C[C@H](CN(C)C(=O)OC(C)(C)C)C(=O)O)c1. The number of aryl methyl sites for hydroxylation is 1. The molecule has 122 valence electrons. The van der Waals surface area contributed by atoms with Crippen molar-refractivity contribution in [1.82, 2.24) is 4.90 Å². The van der Waals surface area contributed by atoms with Crippen molar-refractivity contribution in [2.45, 2.75) is 39.7 Å². The van der Waals surface area contributed by atoms with Crippen LogP contribution in [0.25, 0.3) is 0 Å². The summed E-state index contributed by atoms with van der Waals surface area (Å²) in [7, 11) is 1.56. The zero-order chi connectivity index (χ0) is 16.9.